The monoisotopic (exact) mass is 281 g/mol. The van der Waals surface area contributed by atoms with E-state index < -0.39 is 0 Å². The van der Waals surface area contributed by atoms with Gasteiger partial charge in [-0.2, -0.15) is 0 Å². The molecule has 0 atom stereocenters. The molecule has 0 aliphatic heterocycles. The Morgan fingerprint density at radius 2 is 2.21 bits per heavy atom. The molecule has 5 nitrogen and oxygen atoms in total. The fourth-order valence-electron chi connectivity index (χ4n) is 1.93. The van der Waals surface area contributed by atoms with Crippen molar-refractivity contribution in [3.05, 3.63) is 27.1 Å². The summed E-state index contributed by atoms with van der Waals surface area (Å²) in [7, 11) is 1.67. The third-order valence-electron chi connectivity index (χ3n) is 3.17. The van der Waals surface area contributed by atoms with Gasteiger partial charge in [-0.05, 0) is 19.4 Å². The second kappa shape index (κ2) is 6.27. The van der Waals surface area contributed by atoms with Crippen molar-refractivity contribution < 1.29 is 4.74 Å². The maximum absolute atomic E-state index is 12.4. The molecular weight excluding hydrogens is 262 g/mol. The highest BCUT2D eigenvalue weighted by Gasteiger charge is 2.11. The summed E-state index contributed by atoms with van der Waals surface area (Å²) in [5.74, 6) is 0. The summed E-state index contributed by atoms with van der Waals surface area (Å²) in [6, 6.07) is 0. The number of fused-ring (bicyclic) bond motifs is 1. The van der Waals surface area contributed by atoms with Crippen LogP contribution in [-0.2, 0) is 11.3 Å². The molecule has 104 valence electrons. The molecule has 6 heteroatoms. The van der Waals surface area contributed by atoms with Crippen LogP contribution < -0.4 is 10.9 Å². The van der Waals surface area contributed by atoms with Crippen LogP contribution in [0, 0.1) is 13.8 Å². The van der Waals surface area contributed by atoms with E-state index in [1.165, 1.54) is 0 Å². The normalized spacial score (nSPS) is 11.3. The van der Waals surface area contributed by atoms with Crippen LogP contribution >= 0.6 is 11.3 Å². The number of ether oxygens (including phenoxy) is 1. The fraction of sp³-hybridized carbons (Fsp3) is 0.538. The second-order valence-electron chi connectivity index (χ2n) is 4.45. The molecule has 2 heterocycles. The fourth-order valence-corrected chi connectivity index (χ4v) is 2.92. The van der Waals surface area contributed by atoms with E-state index in [0.717, 1.165) is 33.7 Å². The SMILES string of the molecule is COCCNCCn1cnc2sc(C)c(C)c2c1=O. The van der Waals surface area contributed by atoms with Gasteiger partial charge >= 0.3 is 0 Å². The highest BCUT2D eigenvalue weighted by atomic mass is 32.1. The Bertz CT molecular complexity index is 618. The topological polar surface area (TPSA) is 56.1 Å². The third kappa shape index (κ3) is 3.02. The van der Waals surface area contributed by atoms with Gasteiger partial charge in [-0.25, -0.2) is 4.98 Å². The van der Waals surface area contributed by atoms with Gasteiger partial charge in [-0.3, -0.25) is 9.36 Å². The van der Waals surface area contributed by atoms with E-state index in [1.807, 2.05) is 13.8 Å². The van der Waals surface area contributed by atoms with Crippen molar-refractivity contribution in [2.24, 2.45) is 0 Å². The minimum absolute atomic E-state index is 0.0559. The van der Waals surface area contributed by atoms with Crippen molar-refractivity contribution in [1.29, 1.82) is 0 Å². The molecule has 19 heavy (non-hydrogen) atoms. The Labute approximate surface area is 116 Å². The molecule has 0 radical (unpaired) electrons. The molecule has 0 saturated carbocycles. The first-order valence-corrected chi connectivity index (χ1v) is 7.11. The zero-order chi connectivity index (χ0) is 13.8. The first kappa shape index (κ1) is 14.2. The number of aromatic nitrogens is 2. The van der Waals surface area contributed by atoms with E-state index >= 15 is 0 Å². The summed E-state index contributed by atoms with van der Waals surface area (Å²) in [6.45, 7) is 6.83. The average molecular weight is 281 g/mol. The molecular formula is C13H19N3O2S. The van der Waals surface area contributed by atoms with Gasteiger partial charge in [0.05, 0.1) is 18.3 Å². The number of rotatable bonds is 6. The summed E-state index contributed by atoms with van der Waals surface area (Å²) in [5.41, 5.74) is 1.11. The van der Waals surface area contributed by atoms with Crippen LogP contribution in [0.3, 0.4) is 0 Å². The molecule has 0 aliphatic carbocycles. The summed E-state index contributed by atoms with van der Waals surface area (Å²) in [6.07, 6.45) is 1.64. The highest BCUT2D eigenvalue weighted by Crippen LogP contribution is 2.25. The molecule has 0 fully saturated rings. The van der Waals surface area contributed by atoms with Crippen LogP contribution in [0.15, 0.2) is 11.1 Å². The van der Waals surface area contributed by atoms with E-state index in [1.54, 1.807) is 29.3 Å². The lowest BCUT2D eigenvalue weighted by molar-refractivity contribution is 0.199. The van der Waals surface area contributed by atoms with Crippen LogP contribution in [0.5, 0.6) is 0 Å². The van der Waals surface area contributed by atoms with Gasteiger partial charge in [-0.1, -0.05) is 0 Å². The van der Waals surface area contributed by atoms with Gasteiger partial charge in [0, 0.05) is 31.6 Å². The van der Waals surface area contributed by atoms with Crippen molar-refractivity contribution in [2.45, 2.75) is 20.4 Å². The Morgan fingerprint density at radius 3 is 2.95 bits per heavy atom. The predicted molar refractivity (Wildman–Crippen MR) is 78.1 cm³/mol. The Balaban J connectivity index is 2.14. The van der Waals surface area contributed by atoms with E-state index in [-0.39, 0.29) is 5.56 Å². The second-order valence-corrected chi connectivity index (χ2v) is 5.65. The van der Waals surface area contributed by atoms with Crippen molar-refractivity contribution in [2.75, 3.05) is 26.8 Å². The first-order valence-electron chi connectivity index (χ1n) is 6.30. The standard InChI is InChI=1S/C13H19N3O2S/c1-9-10(2)19-12-11(9)13(17)16(8-15-12)6-4-14-5-7-18-3/h8,14H,4-7H2,1-3H3. The molecule has 2 aromatic heterocycles. The molecule has 2 rings (SSSR count). The number of hydrogen-bond acceptors (Lipinski definition) is 5. The predicted octanol–water partition coefficient (Wildman–Crippen LogP) is 1.31. The molecule has 0 spiro atoms. The molecule has 0 aliphatic rings. The molecule has 0 unspecified atom stereocenters. The number of hydrogen-bond donors (Lipinski definition) is 1. The quantitative estimate of drug-likeness (QED) is 0.811. The van der Waals surface area contributed by atoms with E-state index in [2.05, 4.69) is 10.3 Å². The van der Waals surface area contributed by atoms with Crippen LogP contribution in [0.2, 0.25) is 0 Å². The third-order valence-corrected chi connectivity index (χ3v) is 4.28. The zero-order valence-corrected chi connectivity index (χ0v) is 12.3. The molecule has 1 N–H and O–H groups in total. The minimum Gasteiger partial charge on any atom is -0.383 e. The molecule has 0 aromatic carbocycles. The summed E-state index contributed by atoms with van der Waals surface area (Å²) < 4.78 is 6.62. The summed E-state index contributed by atoms with van der Waals surface area (Å²) in [5, 5.41) is 3.99. The minimum atomic E-state index is 0.0559. The summed E-state index contributed by atoms with van der Waals surface area (Å²) >= 11 is 1.58. The first-order chi connectivity index (χ1) is 9.15. The molecule has 0 bridgehead atoms. The van der Waals surface area contributed by atoms with Crippen molar-refractivity contribution in [3.63, 3.8) is 0 Å². The lowest BCUT2D eigenvalue weighted by Gasteiger charge is -2.06. The lowest BCUT2D eigenvalue weighted by Crippen LogP contribution is -2.28. The van der Waals surface area contributed by atoms with Gasteiger partial charge in [0.1, 0.15) is 4.83 Å². The Morgan fingerprint density at radius 1 is 1.42 bits per heavy atom. The number of methoxy groups -OCH3 is 1. The number of aryl methyl sites for hydroxylation is 2. The Kier molecular flexibility index (Phi) is 4.68. The zero-order valence-electron chi connectivity index (χ0n) is 11.5. The van der Waals surface area contributed by atoms with E-state index in [4.69, 9.17) is 4.74 Å². The van der Waals surface area contributed by atoms with Gasteiger partial charge in [-0.15, -0.1) is 11.3 Å². The van der Waals surface area contributed by atoms with Crippen molar-refractivity contribution >= 4 is 21.6 Å². The largest absolute Gasteiger partial charge is 0.383 e. The van der Waals surface area contributed by atoms with E-state index in [0.29, 0.717) is 13.2 Å². The average Bonchev–Trinajstić information content (AvgIpc) is 2.68. The number of nitrogens with zero attached hydrogens (tertiary/aromatic N) is 2. The smallest absolute Gasteiger partial charge is 0.262 e. The van der Waals surface area contributed by atoms with Crippen molar-refractivity contribution in [1.82, 2.24) is 14.9 Å². The van der Waals surface area contributed by atoms with Crippen LogP contribution in [0.25, 0.3) is 10.2 Å². The van der Waals surface area contributed by atoms with Crippen LogP contribution in [-0.4, -0.2) is 36.4 Å². The highest BCUT2D eigenvalue weighted by molar-refractivity contribution is 7.18. The van der Waals surface area contributed by atoms with Crippen molar-refractivity contribution in [3.8, 4) is 0 Å². The maximum atomic E-state index is 12.4. The Hall–Kier alpha value is -1.24. The van der Waals surface area contributed by atoms with Gasteiger partial charge in [0.25, 0.3) is 5.56 Å². The van der Waals surface area contributed by atoms with Crippen LogP contribution in [0.1, 0.15) is 10.4 Å². The molecule has 2 aromatic rings. The number of thiophene rings is 1. The number of nitrogens with one attached hydrogen (secondary N) is 1. The van der Waals surface area contributed by atoms with E-state index in [9.17, 15) is 4.79 Å². The van der Waals surface area contributed by atoms with Gasteiger partial charge in [0.2, 0.25) is 0 Å². The molecule has 0 saturated heterocycles. The van der Waals surface area contributed by atoms with Gasteiger partial charge in [0.15, 0.2) is 0 Å². The molecule has 0 amide bonds. The lowest BCUT2D eigenvalue weighted by atomic mass is 10.2. The summed E-state index contributed by atoms with van der Waals surface area (Å²) in [4.78, 5) is 18.7. The van der Waals surface area contributed by atoms with Crippen LogP contribution in [0.4, 0.5) is 0 Å². The van der Waals surface area contributed by atoms with Gasteiger partial charge < -0.3 is 10.1 Å². The maximum Gasteiger partial charge on any atom is 0.262 e.